The molecule has 2 atom stereocenters. The van der Waals surface area contributed by atoms with Gasteiger partial charge >= 0.3 is 0 Å². The first-order valence-electron chi connectivity index (χ1n) is 5.32. The van der Waals surface area contributed by atoms with Gasteiger partial charge in [-0.25, -0.2) is 0 Å². The maximum atomic E-state index is 11.7. The second kappa shape index (κ2) is 6.62. The molecular formula is C11H18N2O2S. The number of nitrogens with one attached hydrogen (secondary N) is 1. The molecule has 1 amide bonds. The second-order valence-electron chi connectivity index (χ2n) is 3.56. The van der Waals surface area contributed by atoms with E-state index in [1.807, 2.05) is 31.4 Å². The smallest absolute Gasteiger partial charge is 0.242 e. The molecule has 2 unspecified atom stereocenters. The Labute approximate surface area is 99.8 Å². The normalized spacial score (nSPS) is 14.4. The third-order valence-electron chi connectivity index (χ3n) is 2.09. The standard InChI is InChI=1S/C11H18N2O2S/c1-3-15-7-8(2)13-11(14)10(12)9-5-4-6-16-9/h4-6,8,10H,3,7,12H2,1-2H3,(H,13,14). The molecule has 0 saturated carbocycles. The van der Waals surface area contributed by atoms with Crippen LogP contribution in [0.5, 0.6) is 0 Å². The van der Waals surface area contributed by atoms with Crippen LogP contribution in [0.1, 0.15) is 24.8 Å². The Balaban J connectivity index is 2.40. The number of thiophene rings is 1. The van der Waals surface area contributed by atoms with Gasteiger partial charge in [0.15, 0.2) is 0 Å². The first-order valence-corrected chi connectivity index (χ1v) is 6.20. The van der Waals surface area contributed by atoms with E-state index in [-0.39, 0.29) is 11.9 Å². The molecule has 1 aromatic heterocycles. The number of hydrogen-bond donors (Lipinski definition) is 2. The van der Waals surface area contributed by atoms with E-state index in [0.29, 0.717) is 13.2 Å². The van der Waals surface area contributed by atoms with Gasteiger partial charge in [0.25, 0.3) is 0 Å². The van der Waals surface area contributed by atoms with Crippen molar-refractivity contribution in [2.24, 2.45) is 5.73 Å². The largest absolute Gasteiger partial charge is 0.380 e. The highest BCUT2D eigenvalue weighted by atomic mass is 32.1. The molecule has 0 saturated heterocycles. The van der Waals surface area contributed by atoms with Crippen molar-refractivity contribution < 1.29 is 9.53 Å². The zero-order valence-electron chi connectivity index (χ0n) is 9.60. The summed E-state index contributed by atoms with van der Waals surface area (Å²) in [6.45, 7) is 4.98. The zero-order valence-corrected chi connectivity index (χ0v) is 10.4. The van der Waals surface area contributed by atoms with Crippen LogP contribution in [0.25, 0.3) is 0 Å². The lowest BCUT2D eigenvalue weighted by atomic mass is 10.2. The van der Waals surface area contributed by atoms with Crippen molar-refractivity contribution in [3.8, 4) is 0 Å². The third kappa shape index (κ3) is 3.92. The number of carbonyl (C=O) groups excluding carboxylic acids is 1. The molecule has 0 radical (unpaired) electrons. The molecule has 0 aromatic carbocycles. The fourth-order valence-electron chi connectivity index (χ4n) is 1.27. The minimum Gasteiger partial charge on any atom is -0.380 e. The number of nitrogens with two attached hydrogens (primary N) is 1. The quantitative estimate of drug-likeness (QED) is 0.790. The average Bonchev–Trinajstić information content (AvgIpc) is 2.78. The molecule has 0 bridgehead atoms. The number of carbonyl (C=O) groups is 1. The molecule has 0 fully saturated rings. The van der Waals surface area contributed by atoms with Gasteiger partial charge in [-0.1, -0.05) is 6.07 Å². The maximum Gasteiger partial charge on any atom is 0.242 e. The number of rotatable bonds is 6. The van der Waals surface area contributed by atoms with Gasteiger partial charge in [-0.15, -0.1) is 11.3 Å². The van der Waals surface area contributed by atoms with Crippen LogP contribution in [-0.4, -0.2) is 25.2 Å². The lowest BCUT2D eigenvalue weighted by Gasteiger charge is -2.16. The Hall–Kier alpha value is -0.910. The van der Waals surface area contributed by atoms with Gasteiger partial charge in [0, 0.05) is 17.5 Å². The molecule has 4 nitrogen and oxygen atoms in total. The fraction of sp³-hybridized carbons (Fsp3) is 0.545. The van der Waals surface area contributed by atoms with Crippen molar-refractivity contribution >= 4 is 17.2 Å². The van der Waals surface area contributed by atoms with E-state index in [1.54, 1.807) is 0 Å². The first kappa shape index (κ1) is 13.2. The number of ether oxygens (including phenoxy) is 1. The first-order chi connectivity index (χ1) is 7.65. The highest BCUT2D eigenvalue weighted by Crippen LogP contribution is 2.16. The molecule has 16 heavy (non-hydrogen) atoms. The molecule has 0 aliphatic rings. The Morgan fingerprint density at radius 3 is 3.00 bits per heavy atom. The van der Waals surface area contributed by atoms with Gasteiger partial charge in [-0.3, -0.25) is 4.79 Å². The van der Waals surface area contributed by atoms with Gasteiger partial charge < -0.3 is 15.8 Å². The minimum atomic E-state index is -0.580. The summed E-state index contributed by atoms with van der Waals surface area (Å²) in [4.78, 5) is 12.6. The average molecular weight is 242 g/mol. The molecule has 0 spiro atoms. The summed E-state index contributed by atoms with van der Waals surface area (Å²) in [5.74, 6) is -0.158. The van der Waals surface area contributed by atoms with E-state index in [2.05, 4.69) is 5.32 Å². The summed E-state index contributed by atoms with van der Waals surface area (Å²) in [6.07, 6.45) is 0. The van der Waals surface area contributed by atoms with Crippen LogP contribution in [0, 0.1) is 0 Å². The maximum absolute atomic E-state index is 11.7. The SMILES string of the molecule is CCOCC(C)NC(=O)C(N)c1cccs1. The van der Waals surface area contributed by atoms with Gasteiger partial charge in [-0.05, 0) is 25.3 Å². The molecule has 1 aromatic rings. The van der Waals surface area contributed by atoms with Crippen LogP contribution in [0.2, 0.25) is 0 Å². The number of hydrogen-bond acceptors (Lipinski definition) is 4. The second-order valence-corrected chi connectivity index (χ2v) is 4.54. The van der Waals surface area contributed by atoms with E-state index in [9.17, 15) is 4.79 Å². The Bertz CT molecular complexity index is 314. The van der Waals surface area contributed by atoms with Crippen LogP contribution in [0.3, 0.4) is 0 Å². The lowest BCUT2D eigenvalue weighted by molar-refractivity contribution is -0.123. The van der Waals surface area contributed by atoms with E-state index in [1.165, 1.54) is 11.3 Å². The highest BCUT2D eigenvalue weighted by molar-refractivity contribution is 7.10. The summed E-state index contributed by atoms with van der Waals surface area (Å²) < 4.78 is 5.21. The van der Waals surface area contributed by atoms with Gasteiger partial charge in [0.1, 0.15) is 6.04 Å². The number of amides is 1. The van der Waals surface area contributed by atoms with Crippen molar-refractivity contribution in [2.75, 3.05) is 13.2 Å². The van der Waals surface area contributed by atoms with Crippen molar-refractivity contribution in [2.45, 2.75) is 25.9 Å². The summed E-state index contributed by atoms with van der Waals surface area (Å²) in [5.41, 5.74) is 5.82. The molecule has 0 aliphatic carbocycles. The van der Waals surface area contributed by atoms with Crippen LogP contribution in [-0.2, 0) is 9.53 Å². The molecule has 1 rings (SSSR count). The van der Waals surface area contributed by atoms with E-state index in [4.69, 9.17) is 10.5 Å². The Morgan fingerprint density at radius 2 is 2.44 bits per heavy atom. The molecule has 1 heterocycles. The summed E-state index contributed by atoms with van der Waals surface area (Å²) in [5, 5.41) is 4.73. The van der Waals surface area contributed by atoms with Crippen LogP contribution in [0.15, 0.2) is 17.5 Å². The molecular weight excluding hydrogens is 224 g/mol. The third-order valence-corrected chi connectivity index (χ3v) is 3.05. The van der Waals surface area contributed by atoms with Crippen molar-refractivity contribution in [3.05, 3.63) is 22.4 Å². The molecule has 90 valence electrons. The van der Waals surface area contributed by atoms with E-state index < -0.39 is 6.04 Å². The fourth-order valence-corrected chi connectivity index (χ4v) is 1.99. The monoisotopic (exact) mass is 242 g/mol. The Kier molecular flexibility index (Phi) is 5.45. The van der Waals surface area contributed by atoms with Crippen molar-refractivity contribution in [1.82, 2.24) is 5.32 Å². The van der Waals surface area contributed by atoms with Gasteiger partial charge in [0.05, 0.1) is 6.61 Å². The predicted molar refractivity (Wildman–Crippen MR) is 65.3 cm³/mol. The van der Waals surface area contributed by atoms with Crippen LogP contribution in [0.4, 0.5) is 0 Å². The Morgan fingerprint density at radius 1 is 1.69 bits per heavy atom. The molecule has 5 heteroatoms. The van der Waals surface area contributed by atoms with E-state index in [0.717, 1.165) is 4.88 Å². The lowest BCUT2D eigenvalue weighted by Crippen LogP contribution is -2.41. The van der Waals surface area contributed by atoms with Crippen LogP contribution < -0.4 is 11.1 Å². The summed E-state index contributed by atoms with van der Waals surface area (Å²) in [7, 11) is 0. The molecule has 0 aliphatic heterocycles. The minimum absolute atomic E-state index is 0.0153. The van der Waals surface area contributed by atoms with Gasteiger partial charge in [0.2, 0.25) is 5.91 Å². The molecule has 3 N–H and O–H groups in total. The summed E-state index contributed by atoms with van der Waals surface area (Å²) in [6, 6.07) is 3.15. The topological polar surface area (TPSA) is 64.3 Å². The summed E-state index contributed by atoms with van der Waals surface area (Å²) >= 11 is 1.49. The van der Waals surface area contributed by atoms with Crippen LogP contribution >= 0.6 is 11.3 Å². The predicted octanol–water partition coefficient (Wildman–Crippen LogP) is 1.29. The van der Waals surface area contributed by atoms with Crippen molar-refractivity contribution in [1.29, 1.82) is 0 Å². The van der Waals surface area contributed by atoms with Crippen molar-refractivity contribution in [3.63, 3.8) is 0 Å². The van der Waals surface area contributed by atoms with E-state index >= 15 is 0 Å². The van der Waals surface area contributed by atoms with Gasteiger partial charge in [-0.2, -0.15) is 0 Å². The highest BCUT2D eigenvalue weighted by Gasteiger charge is 2.18. The zero-order chi connectivity index (χ0) is 12.0.